The van der Waals surface area contributed by atoms with Gasteiger partial charge in [-0.3, -0.25) is 9.10 Å². The van der Waals surface area contributed by atoms with Crippen LogP contribution in [0.15, 0.2) is 42.5 Å². The molecule has 29 heavy (non-hydrogen) atoms. The van der Waals surface area contributed by atoms with Gasteiger partial charge in [0.15, 0.2) is 6.10 Å². The van der Waals surface area contributed by atoms with Crippen LogP contribution in [0.1, 0.15) is 37.5 Å². The molecule has 2 rings (SSSR count). The number of nitrogens with zero attached hydrogens (tertiary/aromatic N) is 1. The number of carbonyl (C=O) groups is 1. The lowest BCUT2D eigenvalue weighted by Crippen LogP contribution is -2.36. The summed E-state index contributed by atoms with van der Waals surface area (Å²) in [6.07, 6.45) is 2.34. The van der Waals surface area contributed by atoms with Crippen molar-refractivity contribution < 1.29 is 17.9 Å². The number of sulfonamides is 1. The standard InChI is InChI=1S/C22H30N2O4S/c1-6-17-8-9-18(7-2)19(14-17)15-23-22(25)16(3)28-21-12-10-20(11-13-21)24(4)29(5,26)27/h8-14,16H,6-7,15H2,1-5H3,(H,23,25). The quantitative estimate of drug-likeness (QED) is 0.678. The third-order valence-electron chi connectivity index (χ3n) is 4.89. The predicted octanol–water partition coefficient (Wildman–Crippen LogP) is 3.29. The highest BCUT2D eigenvalue weighted by Gasteiger charge is 2.16. The van der Waals surface area contributed by atoms with Crippen LogP contribution in [-0.4, -0.2) is 33.7 Å². The molecule has 0 spiro atoms. The van der Waals surface area contributed by atoms with E-state index in [1.165, 1.54) is 22.5 Å². The summed E-state index contributed by atoms with van der Waals surface area (Å²) in [5, 5.41) is 2.94. The van der Waals surface area contributed by atoms with Gasteiger partial charge in [-0.05, 0) is 60.7 Å². The normalized spacial score (nSPS) is 12.3. The van der Waals surface area contributed by atoms with Crippen molar-refractivity contribution in [2.24, 2.45) is 0 Å². The van der Waals surface area contributed by atoms with E-state index in [-0.39, 0.29) is 5.91 Å². The molecule has 1 atom stereocenters. The maximum absolute atomic E-state index is 12.5. The Bertz CT molecular complexity index is 940. The molecule has 6 nitrogen and oxygen atoms in total. The van der Waals surface area contributed by atoms with Gasteiger partial charge in [-0.25, -0.2) is 8.42 Å². The summed E-state index contributed by atoms with van der Waals surface area (Å²) in [7, 11) is -1.84. The Morgan fingerprint density at radius 3 is 2.28 bits per heavy atom. The highest BCUT2D eigenvalue weighted by atomic mass is 32.2. The van der Waals surface area contributed by atoms with Crippen LogP contribution >= 0.6 is 0 Å². The van der Waals surface area contributed by atoms with E-state index in [1.54, 1.807) is 31.2 Å². The maximum Gasteiger partial charge on any atom is 0.261 e. The Labute approximate surface area is 173 Å². The van der Waals surface area contributed by atoms with Crippen molar-refractivity contribution >= 4 is 21.6 Å². The van der Waals surface area contributed by atoms with Gasteiger partial charge in [-0.2, -0.15) is 0 Å². The number of carbonyl (C=O) groups excluding carboxylic acids is 1. The molecule has 0 aliphatic carbocycles. The van der Waals surface area contributed by atoms with Crippen LogP contribution < -0.4 is 14.4 Å². The Morgan fingerprint density at radius 2 is 1.72 bits per heavy atom. The van der Waals surface area contributed by atoms with Crippen molar-refractivity contribution in [2.75, 3.05) is 17.6 Å². The predicted molar refractivity (Wildman–Crippen MR) is 117 cm³/mol. The van der Waals surface area contributed by atoms with Crippen LogP contribution in [0.3, 0.4) is 0 Å². The molecule has 0 aliphatic heterocycles. The Morgan fingerprint density at radius 1 is 1.07 bits per heavy atom. The van der Waals surface area contributed by atoms with E-state index in [1.807, 2.05) is 0 Å². The zero-order valence-corrected chi connectivity index (χ0v) is 18.5. The summed E-state index contributed by atoms with van der Waals surface area (Å²) >= 11 is 0. The number of rotatable bonds is 9. The zero-order chi connectivity index (χ0) is 21.6. The zero-order valence-electron chi connectivity index (χ0n) is 17.7. The minimum atomic E-state index is -3.32. The number of nitrogens with one attached hydrogen (secondary N) is 1. The molecule has 0 bridgehead atoms. The van der Waals surface area contributed by atoms with Crippen LogP contribution in [0.25, 0.3) is 0 Å². The molecule has 0 fully saturated rings. The van der Waals surface area contributed by atoms with Crippen LogP contribution in [0, 0.1) is 0 Å². The van der Waals surface area contributed by atoms with Gasteiger partial charge < -0.3 is 10.1 Å². The fraction of sp³-hybridized carbons (Fsp3) is 0.409. The molecule has 2 aromatic carbocycles. The van der Waals surface area contributed by atoms with Gasteiger partial charge in [0.25, 0.3) is 5.91 Å². The van der Waals surface area contributed by atoms with Crippen LogP contribution in [0.2, 0.25) is 0 Å². The van der Waals surface area contributed by atoms with Crippen LogP contribution in [0.4, 0.5) is 5.69 Å². The first kappa shape index (κ1) is 22.7. The number of anilines is 1. The van der Waals surface area contributed by atoms with Gasteiger partial charge in [0, 0.05) is 13.6 Å². The summed E-state index contributed by atoms with van der Waals surface area (Å²) in [5.41, 5.74) is 4.12. The molecule has 1 amide bonds. The number of benzene rings is 2. The van der Waals surface area contributed by atoms with Crippen LogP contribution in [-0.2, 0) is 34.2 Å². The number of ether oxygens (including phenoxy) is 1. The average molecular weight is 419 g/mol. The first-order chi connectivity index (χ1) is 13.7. The summed E-state index contributed by atoms with van der Waals surface area (Å²) in [6.45, 7) is 6.36. The van der Waals surface area contributed by atoms with E-state index in [4.69, 9.17) is 4.74 Å². The Balaban J connectivity index is 1.97. The highest BCUT2D eigenvalue weighted by molar-refractivity contribution is 7.92. The number of aryl methyl sites for hydroxylation is 2. The van der Waals surface area contributed by atoms with Crippen molar-refractivity contribution in [3.05, 3.63) is 59.2 Å². The van der Waals surface area contributed by atoms with E-state index >= 15 is 0 Å². The second-order valence-electron chi connectivity index (χ2n) is 7.01. The van der Waals surface area contributed by atoms with E-state index < -0.39 is 16.1 Å². The molecule has 0 heterocycles. The lowest BCUT2D eigenvalue weighted by Gasteiger charge is -2.18. The SMILES string of the molecule is CCc1ccc(CC)c(CNC(=O)C(C)Oc2ccc(N(C)S(C)(=O)=O)cc2)c1. The summed E-state index contributed by atoms with van der Waals surface area (Å²) in [6, 6.07) is 13.0. The molecule has 158 valence electrons. The lowest BCUT2D eigenvalue weighted by atomic mass is 10.0. The van der Waals surface area contributed by atoms with E-state index in [9.17, 15) is 13.2 Å². The molecule has 0 radical (unpaired) electrons. The van der Waals surface area contributed by atoms with Gasteiger partial charge in [0.2, 0.25) is 10.0 Å². The number of hydrogen-bond donors (Lipinski definition) is 1. The Hall–Kier alpha value is -2.54. The van der Waals surface area contributed by atoms with Gasteiger partial charge in [-0.15, -0.1) is 0 Å². The van der Waals surface area contributed by atoms with Crippen molar-refractivity contribution in [2.45, 2.75) is 46.3 Å². The molecule has 1 unspecified atom stereocenters. The second kappa shape index (κ2) is 9.78. The van der Waals surface area contributed by atoms with Crippen molar-refractivity contribution in [3.63, 3.8) is 0 Å². The van der Waals surface area contributed by atoms with Crippen molar-refractivity contribution in [3.8, 4) is 5.75 Å². The van der Waals surface area contributed by atoms with Crippen molar-refractivity contribution in [1.29, 1.82) is 0 Å². The minimum Gasteiger partial charge on any atom is -0.481 e. The topological polar surface area (TPSA) is 75.7 Å². The fourth-order valence-electron chi connectivity index (χ4n) is 2.92. The third-order valence-corrected chi connectivity index (χ3v) is 6.10. The molecule has 0 saturated heterocycles. The maximum atomic E-state index is 12.5. The average Bonchev–Trinajstić information content (AvgIpc) is 2.70. The first-order valence-corrected chi connectivity index (χ1v) is 11.6. The molecular formula is C22H30N2O4S. The lowest BCUT2D eigenvalue weighted by molar-refractivity contribution is -0.127. The van der Waals surface area contributed by atoms with Gasteiger partial charge in [0.1, 0.15) is 5.75 Å². The summed E-state index contributed by atoms with van der Waals surface area (Å²) < 4.78 is 30.1. The fourth-order valence-corrected chi connectivity index (χ4v) is 3.42. The smallest absolute Gasteiger partial charge is 0.261 e. The van der Waals surface area contributed by atoms with E-state index in [2.05, 4.69) is 37.4 Å². The monoisotopic (exact) mass is 418 g/mol. The molecular weight excluding hydrogens is 388 g/mol. The van der Waals surface area contributed by atoms with Gasteiger partial charge in [-0.1, -0.05) is 32.0 Å². The van der Waals surface area contributed by atoms with E-state index in [0.29, 0.717) is 18.0 Å². The molecule has 0 aromatic heterocycles. The first-order valence-electron chi connectivity index (χ1n) is 9.74. The van der Waals surface area contributed by atoms with Gasteiger partial charge in [0.05, 0.1) is 11.9 Å². The highest BCUT2D eigenvalue weighted by Crippen LogP contribution is 2.21. The molecule has 7 heteroatoms. The third kappa shape index (κ3) is 6.22. The molecule has 0 saturated carbocycles. The van der Waals surface area contributed by atoms with Crippen molar-refractivity contribution in [1.82, 2.24) is 5.32 Å². The van der Waals surface area contributed by atoms with Gasteiger partial charge >= 0.3 is 0 Å². The summed E-state index contributed by atoms with van der Waals surface area (Å²) in [4.78, 5) is 12.5. The number of hydrogen-bond acceptors (Lipinski definition) is 4. The minimum absolute atomic E-state index is 0.203. The Kier molecular flexibility index (Phi) is 7.67. The largest absolute Gasteiger partial charge is 0.481 e. The molecule has 2 aromatic rings. The summed E-state index contributed by atoms with van der Waals surface area (Å²) in [5.74, 6) is 0.298. The molecule has 1 N–H and O–H groups in total. The second-order valence-corrected chi connectivity index (χ2v) is 9.03. The number of amides is 1. The van der Waals surface area contributed by atoms with Crippen LogP contribution in [0.5, 0.6) is 5.75 Å². The van der Waals surface area contributed by atoms with E-state index in [0.717, 1.165) is 24.7 Å². The molecule has 0 aliphatic rings.